The Morgan fingerprint density at radius 1 is 1.24 bits per heavy atom. The summed E-state index contributed by atoms with van der Waals surface area (Å²) < 4.78 is 10.5. The first-order chi connectivity index (χ1) is 12.0. The maximum atomic E-state index is 12.1. The number of rotatable bonds is 7. The Hall–Kier alpha value is -2.21. The summed E-state index contributed by atoms with van der Waals surface area (Å²) in [5.74, 6) is 1.34. The maximum Gasteiger partial charge on any atom is 0.315 e. The van der Waals surface area contributed by atoms with Crippen molar-refractivity contribution in [2.75, 3.05) is 33.9 Å². The van der Waals surface area contributed by atoms with Gasteiger partial charge in [0.15, 0.2) is 11.5 Å². The minimum absolute atomic E-state index is 0.131. The van der Waals surface area contributed by atoms with Gasteiger partial charge in [0.1, 0.15) is 0 Å². The highest BCUT2D eigenvalue weighted by atomic mass is 16.5. The van der Waals surface area contributed by atoms with Crippen LogP contribution < -0.4 is 20.1 Å². The first kappa shape index (κ1) is 19.1. The van der Waals surface area contributed by atoms with Crippen molar-refractivity contribution in [3.8, 4) is 11.5 Å². The lowest BCUT2D eigenvalue weighted by atomic mass is 10.0. The van der Waals surface area contributed by atoms with Crippen LogP contribution in [0, 0.1) is 0 Å². The third-order valence-corrected chi connectivity index (χ3v) is 4.32. The molecule has 0 bridgehead atoms. The van der Waals surface area contributed by atoms with E-state index in [0.717, 1.165) is 38.0 Å². The lowest BCUT2D eigenvalue weighted by Crippen LogP contribution is -2.47. The minimum Gasteiger partial charge on any atom is -0.493 e. The van der Waals surface area contributed by atoms with Crippen molar-refractivity contribution in [1.82, 2.24) is 15.5 Å². The number of hydrogen-bond donors (Lipinski definition) is 2. The molecule has 1 aromatic rings. The number of hydrogen-bond acceptors (Lipinski definition) is 4. The van der Waals surface area contributed by atoms with Crippen molar-refractivity contribution in [3.05, 3.63) is 35.9 Å². The van der Waals surface area contributed by atoms with E-state index in [1.807, 2.05) is 25.1 Å². The molecule has 1 aliphatic rings. The van der Waals surface area contributed by atoms with E-state index in [1.54, 1.807) is 14.2 Å². The van der Waals surface area contributed by atoms with Crippen LogP contribution in [0.1, 0.15) is 25.3 Å². The van der Waals surface area contributed by atoms with Gasteiger partial charge in [-0.2, -0.15) is 0 Å². The van der Waals surface area contributed by atoms with Crippen molar-refractivity contribution in [1.29, 1.82) is 0 Å². The van der Waals surface area contributed by atoms with Gasteiger partial charge in [0, 0.05) is 32.2 Å². The van der Waals surface area contributed by atoms with Crippen LogP contribution in [0.25, 0.3) is 0 Å². The summed E-state index contributed by atoms with van der Waals surface area (Å²) in [5, 5.41) is 5.96. The summed E-state index contributed by atoms with van der Waals surface area (Å²) in [7, 11) is 3.20. The molecular formula is C19H29N3O3. The Kier molecular flexibility index (Phi) is 7.13. The van der Waals surface area contributed by atoms with E-state index >= 15 is 0 Å². The number of carbonyl (C=O) groups excluding carboxylic acids is 1. The zero-order valence-corrected chi connectivity index (χ0v) is 15.4. The lowest BCUT2D eigenvalue weighted by Gasteiger charge is -2.32. The molecule has 1 fully saturated rings. The molecule has 0 atom stereocenters. The Balaban J connectivity index is 1.75. The molecule has 2 rings (SSSR count). The molecule has 0 radical (unpaired) electrons. The van der Waals surface area contributed by atoms with E-state index in [-0.39, 0.29) is 12.1 Å². The maximum absolute atomic E-state index is 12.1. The van der Waals surface area contributed by atoms with Crippen molar-refractivity contribution in [3.63, 3.8) is 0 Å². The van der Waals surface area contributed by atoms with E-state index in [9.17, 15) is 4.79 Å². The molecular weight excluding hydrogens is 318 g/mol. The van der Waals surface area contributed by atoms with Gasteiger partial charge in [0.2, 0.25) is 0 Å². The third-order valence-electron chi connectivity index (χ3n) is 4.32. The molecule has 0 spiro atoms. The molecule has 0 unspecified atom stereocenters. The number of piperidine rings is 1. The van der Waals surface area contributed by atoms with Crippen molar-refractivity contribution >= 4 is 6.03 Å². The van der Waals surface area contributed by atoms with Crippen molar-refractivity contribution < 1.29 is 14.3 Å². The molecule has 1 aromatic carbocycles. The fourth-order valence-corrected chi connectivity index (χ4v) is 3.03. The lowest BCUT2D eigenvalue weighted by molar-refractivity contribution is 0.201. The Morgan fingerprint density at radius 3 is 2.52 bits per heavy atom. The zero-order chi connectivity index (χ0) is 18.2. The predicted octanol–water partition coefficient (Wildman–Crippen LogP) is 2.54. The van der Waals surface area contributed by atoms with Gasteiger partial charge in [-0.25, -0.2) is 4.79 Å². The fourth-order valence-electron chi connectivity index (χ4n) is 3.03. The number of nitrogens with one attached hydrogen (secondary N) is 2. The van der Waals surface area contributed by atoms with E-state index in [2.05, 4.69) is 22.1 Å². The Morgan fingerprint density at radius 2 is 1.92 bits per heavy atom. The van der Waals surface area contributed by atoms with Crippen LogP contribution in [0.15, 0.2) is 30.4 Å². The number of benzene rings is 1. The van der Waals surface area contributed by atoms with E-state index in [1.165, 1.54) is 5.57 Å². The van der Waals surface area contributed by atoms with Crippen LogP contribution in [-0.2, 0) is 6.54 Å². The van der Waals surface area contributed by atoms with Gasteiger partial charge in [0.05, 0.1) is 14.2 Å². The summed E-state index contributed by atoms with van der Waals surface area (Å²) in [5.41, 5.74) is 2.14. The highest BCUT2D eigenvalue weighted by Gasteiger charge is 2.20. The summed E-state index contributed by atoms with van der Waals surface area (Å²) >= 11 is 0. The number of methoxy groups -OCH3 is 2. The van der Waals surface area contributed by atoms with Crippen LogP contribution in [0.3, 0.4) is 0 Å². The van der Waals surface area contributed by atoms with Gasteiger partial charge in [-0.15, -0.1) is 0 Å². The molecule has 1 saturated heterocycles. The Bertz CT molecular complexity index is 596. The van der Waals surface area contributed by atoms with Crippen LogP contribution >= 0.6 is 0 Å². The van der Waals surface area contributed by atoms with E-state index in [4.69, 9.17) is 9.47 Å². The molecule has 2 N–H and O–H groups in total. The summed E-state index contributed by atoms with van der Waals surface area (Å²) in [6, 6.07) is 5.72. The Labute approximate surface area is 150 Å². The quantitative estimate of drug-likeness (QED) is 0.744. The second-order valence-corrected chi connectivity index (χ2v) is 6.52. The standard InChI is InChI=1S/C19H29N3O3/c1-14(2)13-22-9-7-16(8-10-22)21-19(23)20-12-15-5-6-17(24-3)18(11-15)25-4/h5-6,11,16H,1,7-10,12-13H2,2-4H3,(H2,20,21,23). The van der Waals surface area contributed by atoms with Crippen molar-refractivity contribution in [2.24, 2.45) is 0 Å². The molecule has 1 heterocycles. The third kappa shape index (κ3) is 5.98. The van der Waals surface area contributed by atoms with Gasteiger partial charge in [-0.1, -0.05) is 18.2 Å². The average molecular weight is 347 g/mol. The molecule has 1 aliphatic heterocycles. The highest BCUT2D eigenvalue weighted by Crippen LogP contribution is 2.27. The van der Waals surface area contributed by atoms with Crippen LogP contribution in [0.2, 0.25) is 0 Å². The molecule has 0 saturated carbocycles. The molecule has 6 nitrogen and oxygen atoms in total. The van der Waals surface area contributed by atoms with Crippen molar-refractivity contribution in [2.45, 2.75) is 32.4 Å². The molecule has 6 heteroatoms. The predicted molar refractivity (Wildman–Crippen MR) is 99.2 cm³/mol. The SMILES string of the molecule is C=C(C)CN1CCC(NC(=O)NCc2ccc(OC)c(OC)c2)CC1. The average Bonchev–Trinajstić information content (AvgIpc) is 2.61. The number of likely N-dealkylation sites (tertiary alicyclic amines) is 1. The van der Waals surface area contributed by atoms with Gasteiger partial charge in [0.25, 0.3) is 0 Å². The fraction of sp³-hybridized carbons (Fsp3) is 0.526. The summed E-state index contributed by atoms with van der Waals surface area (Å²) in [6.45, 7) is 9.38. The highest BCUT2D eigenvalue weighted by molar-refractivity contribution is 5.74. The first-order valence-electron chi connectivity index (χ1n) is 8.63. The van der Waals surface area contributed by atoms with Crippen LogP contribution in [0.4, 0.5) is 4.79 Å². The first-order valence-corrected chi connectivity index (χ1v) is 8.63. The summed E-state index contributed by atoms with van der Waals surface area (Å²) in [4.78, 5) is 14.5. The zero-order valence-electron chi connectivity index (χ0n) is 15.4. The second-order valence-electron chi connectivity index (χ2n) is 6.52. The number of urea groups is 1. The smallest absolute Gasteiger partial charge is 0.315 e. The van der Waals surface area contributed by atoms with Gasteiger partial charge >= 0.3 is 6.03 Å². The van der Waals surface area contributed by atoms with E-state index < -0.39 is 0 Å². The number of ether oxygens (including phenoxy) is 2. The van der Waals surface area contributed by atoms with Crippen LogP contribution in [0.5, 0.6) is 11.5 Å². The number of amides is 2. The molecule has 0 aromatic heterocycles. The monoisotopic (exact) mass is 347 g/mol. The largest absolute Gasteiger partial charge is 0.493 e. The van der Waals surface area contributed by atoms with E-state index in [0.29, 0.717) is 18.0 Å². The van der Waals surface area contributed by atoms with Crippen LogP contribution in [-0.4, -0.2) is 50.8 Å². The van der Waals surface area contributed by atoms with Gasteiger partial charge in [-0.3, -0.25) is 4.90 Å². The topological polar surface area (TPSA) is 62.8 Å². The molecule has 0 aliphatic carbocycles. The number of carbonyl (C=O) groups is 1. The molecule has 25 heavy (non-hydrogen) atoms. The van der Waals surface area contributed by atoms with Gasteiger partial charge < -0.3 is 20.1 Å². The minimum atomic E-state index is -0.131. The number of nitrogens with zero attached hydrogens (tertiary/aromatic N) is 1. The molecule has 138 valence electrons. The van der Waals surface area contributed by atoms with Gasteiger partial charge in [-0.05, 0) is 37.5 Å². The normalized spacial score (nSPS) is 15.5. The molecule has 2 amide bonds. The second kappa shape index (κ2) is 9.32. The summed E-state index contributed by atoms with van der Waals surface area (Å²) in [6.07, 6.45) is 1.94.